The van der Waals surface area contributed by atoms with Crippen molar-refractivity contribution in [2.45, 2.75) is 58.2 Å². The molecule has 8 nitrogen and oxygen atoms in total. The number of carbonyl (C=O) groups excluding carboxylic acids is 2. The maximum absolute atomic E-state index is 14.0. The smallest absolute Gasteiger partial charge is 0.243 e. The van der Waals surface area contributed by atoms with E-state index in [2.05, 4.69) is 5.32 Å². The molecule has 0 aromatic heterocycles. The Hall–Kier alpha value is -3.27. The molecule has 3 aromatic carbocycles. The summed E-state index contributed by atoms with van der Waals surface area (Å²) in [6, 6.07) is 20.5. The number of methoxy groups -OCH3 is 1. The van der Waals surface area contributed by atoms with E-state index in [1.54, 1.807) is 47.4 Å². The van der Waals surface area contributed by atoms with Crippen molar-refractivity contribution in [3.05, 3.63) is 94.0 Å². The van der Waals surface area contributed by atoms with Gasteiger partial charge in [-0.1, -0.05) is 65.7 Å². The number of hydrogen-bond donors (Lipinski definition) is 1. The molecular formula is C32H39Cl2N3O5S. The van der Waals surface area contributed by atoms with Crippen LogP contribution >= 0.6 is 23.2 Å². The molecule has 1 N–H and O–H groups in total. The Morgan fingerprint density at radius 2 is 1.63 bits per heavy atom. The largest absolute Gasteiger partial charge is 0.497 e. The van der Waals surface area contributed by atoms with Gasteiger partial charge in [-0.25, -0.2) is 8.42 Å². The highest BCUT2D eigenvalue weighted by Crippen LogP contribution is 2.26. The first kappa shape index (κ1) is 34.2. The Bertz CT molecular complexity index is 1510. The summed E-state index contributed by atoms with van der Waals surface area (Å²) in [7, 11) is -2.14. The van der Waals surface area contributed by atoms with Gasteiger partial charge in [-0.15, -0.1) is 0 Å². The molecule has 0 aliphatic rings. The Balaban J connectivity index is 1.93. The summed E-state index contributed by atoms with van der Waals surface area (Å²) >= 11 is 12.4. The van der Waals surface area contributed by atoms with E-state index in [0.717, 1.165) is 11.8 Å². The monoisotopic (exact) mass is 647 g/mol. The average Bonchev–Trinajstić information content (AvgIpc) is 2.93. The van der Waals surface area contributed by atoms with Gasteiger partial charge in [0, 0.05) is 37.5 Å². The van der Waals surface area contributed by atoms with Crippen LogP contribution in [0.1, 0.15) is 44.7 Å². The molecule has 0 fully saturated rings. The van der Waals surface area contributed by atoms with Gasteiger partial charge < -0.3 is 15.0 Å². The van der Waals surface area contributed by atoms with Gasteiger partial charge >= 0.3 is 0 Å². The standard InChI is InChI=1S/C32H39Cl2N3O5S/c1-32(2,3)35-31(39)29(20-23-11-7-6-8-12-23)36(22-24-16-17-27(33)28(34)19-24)30(38)15-10-18-37(43(5,40)41)25-13-9-14-26(21-25)42-4/h6-9,11-14,16-17,19,21,29H,10,15,18,20,22H2,1-5H3,(H,35,39)/t29-/m1/s1. The summed E-state index contributed by atoms with van der Waals surface area (Å²) in [6.45, 7) is 5.82. The molecule has 0 spiro atoms. The van der Waals surface area contributed by atoms with E-state index in [-0.39, 0.29) is 44.2 Å². The maximum Gasteiger partial charge on any atom is 0.243 e. The molecule has 0 aliphatic carbocycles. The lowest BCUT2D eigenvalue weighted by molar-refractivity contribution is -0.142. The number of nitrogens with one attached hydrogen (secondary N) is 1. The lowest BCUT2D eigenvalue weighted by atomic mass is 10.00. The van der Waals surface area contributed by atoms with Crippen molar-refractivity contribution < 1.29 is 22.7 Å². The second-order valence-electron chi connectivity index (χ2n) is 11.4. The van der Waals surface area contributed by atoms with Crippen LogP contribution < -0.4 is 14.4 Å². The van der Waals surface area contributed by atoms with Crippen LogP contribution in [0.4, 0.5) is 5.69 Å². The molecule has 3 aromatic rings. The molecule has 43 heavy (non-hydrogen) atoms. The molecular weight excluding hydrogens is 609 g/mol. The number of benzene rings is 3. The Kier molecular flexibility index (Phi) is 11.9. The van der Waals surface area contributed by atoms with Crippen LogP contribution in [0.15, 0.2) is 72.8 Å². The van der Waals surface area contributed by atoms with E-state index in [1.807, 2.05) is 51.1 Å². The number of hydrogen-bond acceptors (Lipinski definition) is 5. The van der Waals surface area contributed by atoms with E-state index in [4.69, 9.17) is 27.9 Å². The zero-order valence-corrected chi connectivity index (χ0v) is 27.5. The lowest BCUT2D eigenvalue weighted by Crippen LogP contribution is -2.54. The number of nitrogens with zero attached hydrogens (tertiary/aromatic N) is 2. The summed E-state index contributed by atoms with van der Waals surface area (Å²) < 4.78 is 31.9. The molecule has 1 atom stereocenters. The topological polar surface area (TPSA) is 96.0 Å². The van der Waals surface area contributed by atoms with Crippen LogP contribution in [-0.4, -0.2) is 56.6 Å². The van der Waals surface area contributed by atoms with Crippen molar-refractivity contribution in [1.82, 2.24) is 10.2 Å². The molecule has 0 saturated carbocycles. The van der Waals surface area contributed by atoms with Crippen LogP contribution in [0.3, 0.4) is 0 Å². The number of carbonyl (C=O) groups is 2. The zero-order chi connectivity index (χ0) is 31.8. The average molecular weight is 649 g/mol. The van der Waals surface area contributed by atoms with Crippen molar-refractivity contribution in [3.8, 4) is 5.75 Å². The van der Waals surface area contributed by atoms with Crippen LogP contribution in [0.25, 0.3) is 0 Å². The highest BCUT2D eigenvalue weighted by Gasteiger charge is 2.32. The normalized spacial score (nSPS) is 12.3. The van der Waals surface area contributed by atoms with Gasteiger partial charge in [0.15, 0.2) is 0 Å². The molecule has 0 aliphatic heterocycles. The van der Waals surface area contributed by atoms with Crippen LogP contribution in [0.5, 0.6) is 5.75 Å². The molecule has 0 heterocycles. The van der Waals surface area contributed by atoms with E-state index in [0.29, 0.717) is 27.0 Å². The fourth-order valence-corrected chi connectivity index (χ4v) is 5.89. The SMILES string of the molecule is COc1cccc(N(CCCC(=O)N(Cc2ccc(Cl)c(Cl)c2)[C@H](Cc2ccccc2)C(=O)NC(C)(C)C)S(C)(=O)=O)c1. The number of ether oxygens (including phenoxy) is 1. The highest BCUT2D eigenvalue weighted by atomic mass is 35.5. The second-order valence-corrected chi connectivity index (χ2v) is 14.1. The summed E-state index contributed by atoms with van der Waals surface area (Å²) in [6.07, 6.45) is 1.64. The van der Waals surface area contributed by atoms with Gasteiger partial charge in [-0.2, -0.15) is 0 Å². The molecule has 0 unspecified atom stereocenters. The van der Waals surface area contributed by atoms with Crippen molar-refractivity contribution in [2.24, 2.45) is 0 Å². The summed E-state index contributed by atoms with van der Waals surface area (Å²) in [5.41, 5.74) is 1.51. The van der Waals surface area contributed by atoms with Crippen LogP contribution in [0, 0.1) is 0 Å². The van der Waals surface area contributed by atoms with Gasteiger partial charge in [0.1, 0.15) is 11.8 Å². The lowest BCUT2D eigenvalue weighted by Gasteiger charge is -2.34. The quantitative estimate of drug-likeness (QED) is 0.242. The van der Waals surface area contributed by atoms with E-state index in [9.17, 15) is 18.0 Å². The highest BCUT2D eigenvalue weighted by molar-refractivity contribution is 7.92. The van der Waals surface area contributed by atoms with E-state index >= 15 is 0 Å². The number of halogens is 2. The molecule has 11 heteroatoms. The number of anilines is 1. The van der Waals surface area contributed by atoms with Crippen molar-refractivity contribution >= 4 is 50.7 Å². The first-order valence-electron chi connectivity index (χ1n) is 13.9. The van der Waals surface area contributed by atoms with E-state index < -0.39 is 21.6 Å². The summed E-state index contributed by atoms with van der Waals surface area (Å²) in [5.74, 6) is -0.0716. The van der Waals surface area contributed by atoms with Gasteiger partial charge in [0.05, 0.1) is 29.1 Å². The molecule has 2 amide bonds. The predicted molar refractivity (Wildman–Crippen MR) is 173 cm³/mol. The minimum Gasteiger partial charge on any atom is -0.497 e. The number of rotatable bonds is 13. The molecule has 3 rings (SSSR count). The fraction of sp³-hybridized carbons (Fsp3) is 0.375. The molecule has 0 radical (unpaired) electrons. The number of amides is 2. The molecule has 0 saturated heterocycles. The first-order chi connectivity index (χ1) is 20.2. The molecule has 0 bridgehead atoms. The van der Waals surface area contributed by atoms with Crippen molar-refractivity contribution in [3.63, 3.8) is 0 Å². The predicted octanol–water partition coefficient (Wildman–Crippen LogP) is 6.10. The van der Waals surface area contributed by atoms with Gasteiger partial charge in [-0.3, -0.25) is 13.9 Å². The van der Waals surface area contributed by atoms with Gasteiger partial charge in [0.25, 0.3) is 0 Å². The third-order valence-electron chi connectivity index (χ3n) is 6.60. The van der Waals surface area contributed by atoms with Crippen LogP contribution in [-0.2, 0) is 32.6 Å². The third kappa shape index (κ3) is 10.4. The minimum atomic E-state index is -3.65. The fourth-order valence-electron chi connectivity index (χ4n) is 4.61. The third-order valence-corrected chi connectivity index (χ3v) is 8.53. The van der Waals surface area contributed by atoms with Gasteiger partial charge in [0.2, 0.25) is 21.8 Å². The van der Waals surface area contributed by atoms with Gasteiger partial charge in [-0.05, 0) is 62.6 Å². The van der Waals surface area contributed by atoms with Crippen LogP contribution in [0.2, 0.25) is 10.0 Å². The maximum atomic E-state index is 14.0. The summed E-state index contributed by atoms with van der Waals surface area (Å²) in [4.78, 5) is 29.2. The van der Waals surface area contributed by atoms with Crippen molar-refractivity contribution in [2.75, 3.05) is 24.2 Å². The minimum absolute atomic E-state index is 0.00536. The Morgan fingerprint density at radius 1 is 0.930 bits per heavy atom. The Morgan fingerprint density at radius 3 is 2.23 bits per heavy atom. The zero-order valence-electron chi connectivity index (χ0n) is 25.1. The van der Waals surface area contributed by atoms with Crippen molar-refractivity contribution in [1.29, 1.82) is 0 Å². The summed E-state index contributed by atoms with van der Waals surface area (Å²) in [5, 5.41) is 3.75. The van der Waals surface area contributed by atoms with E-state index in [1.165, 1.54) is 11.4 Å². The number of sulfonamides is 1. The molecule has 232 valence electrons. The first-order valence-corrected chi connectivity index (χ1v) is 16.5. The Labute approximate surface area is 265 Å². The second kappa shape index (κ2) is 14.9.